The number of aryl methyl sites for hydroxylation is 1. The summed E-state index contributed by atoms with van der Waals surface area (Å²) in [6.45, 7) is 1.98. The summed E-state index contributed by atoms with van der Waals surface area (Å²) in [4.78, 5) is 17.2. The van der Waals surface area contributed by atoms with Crippen molar-refractivity contribution < 1.29 is 9.18 Å². The Labute approximate surface area is 145 Å². The molecule has 1 fully saturated rings. The molecule has 0 spiro atoms. The Morgan fingerprint density at radius 1 is 1.20 bits per heavy atom. The fourth-order valence-electron chi connectivity index (χ4n) is 3.52. The number of halogens is 1. The van der Waals surface area contributed by atoms with Crippen molar-refractivity contribution in [2.45, 2.75) is 32.6 Å². The molecule has 1 saturated carbocycles. The Balaban J connectivity index is 1.84. The predicted octanol–water partition coefficient (Wildman–Crippen LogP) is 4.58. The van der Waals surface area contributed by atoms with Gasteiger partial charge in [0, 0.05) is 17.7 Å². The number of aromatic nitrogens is 2. The van der Waals surface area contributed by atoms with Crippen LogP contribution in [0.4, 0.5) is 10.2 Å². The number of amides is 1. The second-order valence-electron chi connectivity index (χ2n) is 6.69. The summed E-state index contributed by atoms with van der Waals surface area (Å²) in [5.41, 5.74) is 2.59. The largest absolute Gasteiger partial charge is 0.310 e. The minimum absolute atomic E-state index is 0.00149. The fourth-order valence-corrected chi connectivity index (χ4v) is 3.52. The van der Waals surface area contributed by atoms with E-state index in [2.05, 4.69) is 10.3 Å². The number of carbonyl (C=O) groups is 1. The average molecular weight is 337 g/mol. The molecule has 1 aliphatic rings. The van der Waals surface area contributed by atoms with E-state index in [9.17, 15) is 9.18 Å². The van der Waals surface area contributed by atoms with Gasteiger partial charge in [0.2, 0.25) is 5.91 Å². The summed E-state index contributed by atoms with van der Waals surface area (Å²) in [5, 5.41) is 3.02. The van der Waals surface area contributed by atoms with Crippen LogP contribution in [0.2, 0.25) is 0 Å². The van der Waals surface area contributed by atoms with Gasteiger partial charge < -0.3 is 5.32 Å². The SMILES string of the molecule is Cc1ccc2nc(-c3ccccc3F)c(NC(=O)C3CCCC3)n2c1. The number of fused-ring (bicyclic) bond motifs is 1. The molecular formula is C20H20FN3O. The maximum Gasteiger partial charge on any atom is 0.228 e. The van der Waals surface area contributed by atoms with Crippen molar-refractivity contribution in [3.05, 3.63) is 54.0 Å². The first-order valence-electron chi connectivity index (χ1n) is 8.68. The van der Waals surface area contributed by atoms with Crippen molar-refractivity contribution in [2.24, 2.45) is 5.92 Å². The first-order chi connectivity index (χ1) is 12.1. The van der Waals surface area contributed by atoms with Crippen LogP contribution in [0.3, 0.4) is 0 Å². The average Bonchev–Trinajstić information content (AvgIpc) is 3.24. The molecule has 1 N–H and O–H groups in total. The highest BCUT2D eigenvalue weighted by Gasteiger charge is 2.25. The Kier molecular flexibility index (Phi) is 3.99. The Morgan fingerprint density at radius 3 is 2.72 bits per heavy atom. The number of benzene rings is 1. The second kappa shape index (κ2) is 6.31. The van der Waals surface area contributed by atoms with Crippen LogP contribution in [0.15, 0.2) is 42.6 Å². The smallest absolute Gasteiger partial charge is 0.228 e. The molecule has 0 saturated heterocycles. The Bertz CT molecular complexity index is 941. The number of hydrogen-bond acceptors (Lipinski definition) is 2. The van der Waals surface area contributed by atoms with E-state index in [1.54, 1.807) is 18.2 Å². The lowest BCUT2D eigenvalue weighted by molar-refractivity contribution is -0.119. The van der Waals surface area contributed by atoms with Gasteiger partial charge in [0.15, 0.2) is 0 Å². The fraction of sp³-hybridized carbons (Fsp3) is 0.300. The van der Waals surface area contributed by atoms with E-state index in [1.165, 1.54) is 6.07 Å². The molecule has 4 nitrogen and oxygen atoms in total. The summed E-state index contributed by atoms with van der Waals surface area (Å²) in [7, 11) is 0. The van der Waals surface area contributed by atoms with Crippen molar-refractivity contribution in [1.29, 1.82) is 0 Å². The summed E-state index contributed by atoms with van der Waals surface area (Å²) in [6.07, 6.45) is 5.92. The van der Waals surface area contributed by atoms with E-state index < -0.39 is 0 Å². The lowest BCUT2D eigenvalue weighted by atomic mass is 10.1. The van der Waals surface area contributed by atoms with Crippen molar-refractivity contribution in [1.82, 2.24) is 9.38 Å². The zero-order chi connectivity index (χ0) is 17.4. The van der Waals surface area contributed by atoms with Crippen molar-refractivity contribution in [3.8, 4) is 11.3 Å². The highest BCUT2D eigenvalue weighted by atomic mass is 19.1. The van der Waals surface area contributed by atoms with Crippen molar-refractivity contribution >= 4 is 17.4 Å². The first kappa shape index (κ1) is 15.8. The molecule has 5 heteroatoms. The van der Waals surface area contributed by atoms with Crippen molar-refractivity contribution in [3.63, 3.8) is 0 Å². The molecule has 0 unspecified atom stereocenters. The number of imidazole rings is 1. The quantitative estimate of drug-likeness (QED) is 0.760. The van der Waals surface area contributed by atoms with E-state index >= 15 is 0 Å². The van der Waals surface area contributed by atoms with Crippen LogP contribution in [0, 0.1) is 18.7 Å². The number of pyridine rings is 1. The lowest BCUT2D eigenvalue weighted by Crippen LogP contribution is -2.21. The monoisotopic (exact) mass is 337 g/mol. The number of hydrogen-bond donors (Lipinski definition) is 1. The summed E-state index contributed by atoms with van der Waals surface area (Å²) in [6, 6.07) is 10.4. The molecule has 2 heterocycles. The van der Waals surface area contributed by atoms with E-state index in [0.29, 0.717) is 22.7 Å². The number of carbonyl (C=O) groups excluding carboxylic acids is 1. The number of nitrogens with one attached hydrogen (secondary N) is 1. The minimum Gasteiger partial charge on any atom is -0.310 e. The number of nitrogens with zero attached hydrogens (tertiary/aromatic N) is 2. The number of rotatable bonds is 3. The summed E-state index contributed by atoms with van der Waals surface area (Å²) >= 11 is 0. The van der Waals surface area contributed by atoms with Crippen LogP contribution < -0.4 is 5.32 Å². The molecule has 0 aliphatic heterocycles. The third kappa shape index (κ3) is 2.90. The molecular weight excluding hydrogens is 317 g/mol. The van der Waals surface area contributed by atoms with Gasteiger partial charge in [-0.1, -0.05) is 31.0 Å². The zero-order valence-electron chi connectivity index (χ0n) is 14.1. The maximum absolute atomic E-state index is 14.3. The van der Waals surface area contributed by atoms with Gasteiger partial charge in [0.1, 0.15) is 23.0 Å². The molecule has 1 aliphatic carbocycles. The van der Waals surface area contributed by atoms with Gasteiger partial charge in [-0.15, -0.1) is 0 Å². The Hall–Kier alpha value is -2.69. The standard InChI is InChI=1S/C20H20FN3O/c1-13-10-11-17-22-18(15-8-4-5-9-16(15)21)19(24(17)12-13)23-20(25)14-6-2-3-7-14/h4-5,8-12,14H,2-3,6-7H2,1H3,(H,23,25). The van der Waals surface area contributed by atoms with Gasteiger partial charge >= 0.3 is 0 Å². The van der Waals surface area contributed by atoms with Gasteiger partial charge in [-0.05, 0) is 43.5 Å². The van der Waals surface area contributed by atoms with Gasteiger partial charge in [-0.2, -0.15) is 0 Å². The zero-order valence-corrected chi connectivity index (χ0v) is 14.1. The molecule has 0 bridgehead atoms. The van der Waals surface area contributed by atoms with E-state index in [4.69, 9.17) is 0 Å². The van der Waals surface area contributed by atoms with Gasteiger partial charge in [-0.3, -0.25) is 9.20 Å². The highest BCUT2D eigenvalue weighted by molar-refractivity contribution is 5.96. The van der Waals surface area contributed by atoms with E-state index in [0.717, 1.165) is 31.2 Å². The topological polar surface area (TPSA) is 46.4 Å². The third-order valence-corrected chi connectivity index (χ3v) is 4.86. The Morgan fingerprint density at radius 2 is 1.96 bits per heavy atom. The van der Waals surface area contributed by atoms with Crippen LogP contribution in [0.25, 0.3) is 16.9 Å². The van der Waals surface area contributed by atoms with E-state index in [-0.39, 0.29) is 17.6 Å². The molecule has 1 amide bonds. The first-order valence-corrected chi connectivity index (χ1v) is 8.68. The third-order valence-electron chi connectivity index (χ3n) is 4.86. The second-order valence-corrected chi connectivity index (χ2v) is 6.69. The van der Waals surface area contributed by atoms with Crippen LogP contribution in [-0.2, 0) is 4.79 Å². The lowest BCUT2D eigenvalue weighted by Gasteiger charge is -2.12. The van der Waals surface area contributed by atoms with Gasteiger partial charge in [0.25, 0.3) is 0 Å². The molecule has 25 heavy (non-hydrogen) atoms. The predicted molar refractivity (Wildman–Crippen MR) is 95.9 cm³/mol. The molecule has 4 rings (SSSR count). The van der Waals surface area contributed by atoms with Gasteiger partial charge in [0.05, 0.1) is 0 Å². The molecule has 0 atom stereocenters. The molecule has 0 radical (unpaired) electrons. The maximum atomic E-state index is 14.3. The van der Waals surface area contributed by atoms with Crippen LogP contribution >= 0.6 is 0 Å². The normalized spacial score (nSPS) is 15.0. The summed E-state index contributed by atoms with van der Waals surface area (Å²) < 4.78 is 16.2. The summed E-state index contributed by atoms with van der Waals surface area (Å²) in [5.74, 6) is 0.224. The molecule has 1 aromatic carbocycles. The van der Waals surface area contributed by atoms with Crippen LogP contribution in [0.1, 0.15) is 31.2 Å². The van der Waals surface area contributed by atoms with Crippen molar-refractivity contribution in [2.75, 3.05) is 5.32 Å². The van der Waals surface area contributed by atoms with Crippen LogP contribution in [-0.4, -0.2) is 15.3 Å². The van der Waals surface area contributed by atoms with Gasteiger partial charge in [-0.25, -0.2) is 9.37 Å². The van der Waals surface area contributed by atoms with E-state index in [1.807, 2.05) is 29.7 Å². The molecule has 3 aromatic rings. The number of anilines is 1. The minimum atomic E-state index is -0.348. The van der Waals surface area contributed by atoms with Crippen LogP contribution in [0.5, 0.6) is 0 Å². The highest BCUT2D eigenvalue weighted by Crippen LogP contribution is 2.32. The molecule has 2 aromatic heterocycles. The molecule has 128 valence electrons.